The van der Waals surface area contributed by atoms with Crippen molar-refractivity contribution in [2.75, 3.05) is 13.1 Å². The SMILES string of the molecule is CCC[C@H](OCc1cccc(C)c1)C(=O)C1CCN(C(=O)[C@H](CC(C)C)NC(=O)OCc2ccccc2)CC1O. The van der Waals surface area contributed by atoms with Gasteiger partial charge in [0.25, 0.3) is 0 Å². The minimum absolute atomic E-state index is 0.0291. The summed E-state index contributed by atoms with van der Waals surface area (Å²) < 4.78 is 11.4. The molecule has 1 heterocycles. The van der Waals surface area contributed by atoms with Crippen molar-refractivity contribution in [3.63, 3.8) is 0 Å². The molecule has 8 heteroatoms. The molecule has 3 rings (SSSR count). The fourth-order valence-electron chi connectivity index (χ4n) is 5.09. The fourth-order valence-corrected chi connectivity index (χ4v) is 5.09. The van der Waals surface area contributed by atoms with Gasteiger partial charge in [-0.2, -0.15) is 0 Å². The van der Waals surface area contributed by atoms with Crippen LogP contribution in [0.2, 0.25) is 0 Å². The van der Waals surface area contributed by atoms with Gasteiger partial charge in [-0.05, 0) is 43.2 Å². The zero-order valence-electron chi connectivity index (χ0n) is 24.2. The Morgan fingerprint density at radius 2 is 1.77 bits per heavy atom. The van der Waals surface area contributed by atoms with Crippen LogP contribution in [0.1, 0.15) is 63.1 Å². The molecule has 0 aromatic heterocycles. The average Bonchev–Trinajstić information content (AvgIpc) is 2.93. The van der Waals surface area contributed by atoms with Crippen LogP contribution in [-0.2, 0) is 32.3 Å². The van der Waals surface area contributed by atoms with E-state index >= 15 is 0 Å². The molecule has 40 heavy (non-hydrogen) atoms. The monoisotopic (exact) mass is 552 g/mol. The largest absolute Gasteiger partial charge is 0.445 e. The van der Waals surface area contributed by atoms with Gasteiger partial charge >= 0.3 is 6.09 Å². The smallest absolute Gasteiger partial charge is 0.408 e. The second-order valence-electron chi connectivity index (χ2n) is 11.1. The van der Waals surface area contributed by atoms with Crippen molar-refractivity contribution in [2.24, 2.45) is 11.8 Å². The third-order valence-corrected chi connectivity index (χ3v) is 7.17. The lowest BCUT2D eigenvalue weighted by Crippen LogP contribution is -2.56. The van der Waals surface area contributed by atoms with Crippen molar-refractivity contribution in [2.45, 2.75) is 84.8 Å². The van der Waals surface area contributed by atoms with Gasteiger partial charge < -0.3 is 24.8 Å². The van der Waals surface area contributed by atoms with Crippen molar-refractivity contribution in [3.8, 4) is 0 Å². The normalized spacial score (nSPS) is 18.7. The topological polar surface area (TPSA) is 105 Å². The van der Waals surface area contributed by atoms with Crippen LogP contribution in [0.4, 0.5) is 4.79 Å². The Kier molecular flexibility index (Phi) is 12.2. The number of piperidine rings is 1. The number of benzene rings is 2. The van der Waals surface area contributed by atoms with Crippen LogP contribution < -0.4 is 5.32 Å². The molecule has 2 amide bonds. The highest BCUT2D eigenvalue weighted by atomic mass is 16.5. The average molecular weight is 553 g/mol. The van der Waals surface area contributed by atoms with E-state index in [2.05, 4.69) is 5.32 Å². The standard InChI is InChI=1S/C32H44N2O6/c1-5-10-29(39-21-25-14-9-11-23(4)18-25)30(36)26-15-16-34(19-28(26)35)31(37)27(17-22(2)3)33-32(38)40-20-24-12-7-6-8-13-24/h6-9,11-14,18,22,26-29,35H,5,10,15-17,19-21H2,1-4H3,(H,33,38)/t26?,27-,28?,29-/m0/s1. The number of nitrogens with zero attached hydrogens (tertiary/aromatic N) is 1. The molecule has 0 aliphatic carbocycles. The number of rotatable bonds is 13. The number of amides is 2. The Hall–Kier alpha value is -3.23. The van der Waals surface area contributed by atoms with E-state index in [4.69, 9.17) is 9.47 Å². The van der Waals surface area contributed by atoms with Gasteiger partial charge in [0.05, 0.1) is 12.7 Å². The van der Waals surface area contributed by atoms with E-state index in [0.717, 1.165) is 23.1 Å². The number of hydrogen-bond acceptors (Lipinski definition) is 6. The molecular weight excluding hydrogens is 508 g/mol. The molecule has 2 unspecified atom stereocenters. The van der Waals surface area contributed by atoms with Gasteiger partial charge in [0.2, 0.25) is 5.91 Å². The molecule has 1 aliphatic rings. The maximum absolute atomic E-state index is 13.4. The Labute approximate surface area is 238 Å². The molecule has 218 valence electrons. The van der Waals surface area contributed by atoms with E-state index in [1.807, 2.05) is 82.3 Å². The fraction of sp³-hybridized carbons (Fsp3) is 0.531. The number of alkyl carbamates (subject to hydrolysis) is 1. The molecule has 0 spiro atoms. The lowest BCUT2D eigenvalue weighted by molar-refractivity contribution is -0.148. The molecule has 0 radical (unpaired) electrons. The molecule has 1 saturated heterocycles. The van der Waals surface area contributed by atoms with Crippen LogP contribution >= 0.6 is 0 Å². The van der Waals surface area contributed by atoms with E-state index in [-0.39, 0.29) is 30.8 Å². The summed E-state index contributed by atoms with van der Waals surface area (Å²) in [6, 6.07) is 16.5. The minimum Gasteiger partial charge on any atom is -0.445 e. The highest BCUT2D eigenvalue weighted by Gasteiger charge is 2.39. The molecule has 1 fully saturated rings. The molecular formula is C32H44N2O6. The first-order chi connectivity index (χ1) is 19.2. The van der Waals surface area contributed by atoms with E-state index < -0.39 is 30.3 Å². The zero-order valence-corrected chi connectivity index (χ0v) is 24.2. The van der Waals surface area contributed by atoms with Crippen molar-refractivity contribution >= 4 is 17.8 Å². The highest BCUT2D eigenvalue weighted by molar-refractivity contribution is 5.88. The van der Waals surface area contributed by atoms with Gasteiger partial charge in [-0.3, -0.25) is 9.59 Å². The number of aliphatic hydroxyl groups excluding tert-OH is 1. The lowest BCUT2D eigenvalue weighted by atomic mass is 9.86. The Bertz CT molecular complexity index is 1110. The number of likely N-dealkylation sites (tertiary alicyclic amines) is 1. The number of β-amino-alcohol motifs (C(OH)–C–C–N with tert-alkyl or cyclic N) is 1. The second kappa shape index (κ2) is 15.5. The van der Waals surface area contributed by atoms with Crippen molar-refractivity contribution < 1.29 is 29.0 Å². The number of carbonyl (C=O) groups is 3. The van der Waals surface area contributed by atoms with Crippen molar-refractivity contribution in [1.29, 1.82) is 0 Å². The molecule has 2 aromatic rings. The quantitative estimate of drug-likeness (QED) is 0.370. The first kappa shape index (κ1) is 31.3. The third kappa shape index (κ3) is 9.45. The molecule has 2 N–H and O–H groups in total. The Balaban J connectivity index is 1.57. The summed E-state index contributed by atoms with van der Waals surface area (Å²) in [5.41, 5.74) is 2.98. The number of ketones is 1. The summed E-state index contributed by atoms with van der Waals surface area (Å²) in [7, 11) is 0. The summed E-state index contributed by atoms with van der Waals surface area (Å²) in [4.78, 5) is 40.9. The predicted octanol–water partition coefficient (Wildman–Crippen LogP) is 4.80. The minimum atomic E-state index is -1.00. The van der Waals surface area contributed by atoms with Crippen molar-refractivity contribution in [1.82, 2.24) is 10.2 Å². The number of aliphatic hydroxyl groups is 1. The number of ether oxygens (including phenoxy) is 2. The van der Waals surface area contributed by atoms with Gasteiger partial charge in [0.1, 0.15) is 18.8 Å². The lowest BCUT2D eigenvalue weighted by Gasteiger charge is -2.38. The van der Waals surface area contributed by atoms with Crippen molar-refractivity contribution in [3.05, 3.63) is 71.3 Å². The van der Waals surface area contributed by atoms with Crippen LogP contribution in [0, 0.1) is 18.8 Å². The van der Waals surface area contributed by atoms with Crippen LogP contribution in [0.25, 0.3) is 0 Å². The molecule has 1 aliphatic heterocycles. The molecule has 0 bridgehead atoms. The molecule has 0 saturated carbocycles. The highest BCUT2D eigenvalue weighted by Crippen LogP contribution is 2.24. The van der Waals surface area contributed by atoms with E-state index in [0.29, 0.717) is 32.4 Å². The summed E-state index contributed by atoms with van der Waals surface area (Å²) in [6.07, 6.45) is -0.157. The second-order valence-corrected chi connectivity index (χ2v) is 11.1. The summed E-state index contributed by atoms with van der Waals surface area (Å²) in [6.45, 7) is 8.74. The summed E-state index contributed by atoms with van der Waals surface area (Å²) in [5, 5.41) is 13.7. The van der Waals surface area contributed by atoms with Gasteiger partial charge in [-0.1, -0.05) is 87.4 Å². The third-order valence-electron chi connectivity index (χ3n) is 7.17. The predicted molar refractivity (Wildman–Crippen MR) is 153 cm³/mol. The van der Waals surface area contributed by atoms with Gasteiger partial charge in [0, 0.05) is 19.0 Å². The van der Waals surface area contributed by atoms with Gasteiger partial charge in [-0.15, -0.1) is 0 Å². The first-order valence-corrected chi connectivity index (χ1v) is 14.3. The maximum Gasteiger partial charge on any atom is 0.408 e. The van der Waals surface area contributed by atoms with E-state index in [1.54, 1.807) is 4.90 Å². The Morgan fingerprint density at radius 3 is 2.42 bits per heavy atom. The van der Waals surface area contributed by atoms with Crippen LogP contribution in [0.3, 0.4) is 0 Å². The van der Waals surface area contributed by atoms with Crippen LogP contribution in [-0.4, -0.2) is 59.1 Å². The summed E-state index contributed by atoms with van der Waals surface area (Å²) in [5.74, 6) is -0.857. The van der Waals surface area contributed by atoms with Gasteiger partial charge in [-0.25, -0.2) is 4.79 Å². The maximum atomic E-state index is 13.4. The van der Waals surface area contributed by atoms with E-state index in [9.17, 15) is 19.5 Å². The Morgan fingerprint density at radius 1 is 1.05 bits per heavy atom. The van der Waals surface area contributed by atoms with Gasteiger partial charge in [0.15, 0.2) is 5.78 Å². The number of aryl methyl sites for hydroxylation is 1. The number of Topliss-reactive ketones (excluding diaryl/α,β-unsaturated/α-hetero) is 1. The molecule has 4 atom stereocenters. The number of nitrogens with one attached hydrogen (secondary N) is 1. The molecule has 8 nitrogen and oxygen atoms in total. The van der Waals surface area contributed by atoms with Crippen LogP contribution in [0.15, 0.2) is 54.6 Å². The summed E-state index contributed by atoms with van der Waals surface area (Å²) >= 11 is 0. The molecule has 2 aromatic carbocycles. The zero-order chi connectivity index (χ0) is 29.1. The number of carbonyl (C=O) groups excluding carboxylic acids is 3. The van der Waals surface area contributed by atoms with E-state index in [1.165, 1.54) is 0 Å². The first-order valence-electron chi connectivity index (χ1n) is 14.3. The number of hydrogen-bond donors (Lipinski definition) is 2. The van der Waals surface area contributed by atoms with Crippen LogP contribution in [0.5, 0.6) is 0 Å².